The first-order chi connectivity index (χ1) is 13.4. The van der Waals surface area contributed by atoms with Gasteiger partial charge < -0.3 is 14.5 Å². The summed E-state index contributed by atoms with van der Waals surface area (Å²) in [6, 6.07) is 5.79. The summed E-state index contributed by atoms with van der Waals surface area (Å²) in [5, 5.41) is 0. The first-order valence-electron chi connectivity index (χ1n) is 8.08. The Labute approximate surface area is 164 Å². The SMILES string of the molecule is Cc1ccc(S(=O)(=O)N(CCOCP(=O)(O)O)Cn2cc(F)c(=O)[nH]c2=O)cc1. The van der Waals surface area contributed by atoms with E-state index in [1.54, 1.807) is 24.0 Å². The Morgan fingerprint density at radius 1 is 1.24 bits per heavy atom. The number of sulfonamides is 1. The second-order valence-electron chi connectivity index (χ2n) is 6.04. The Kier molecular flexibility index (Phi) is 7.27. The number of ether oxygens (including phenoxy) is 1. The number of H-pyrrole nitrogens is 1. The highest BCUT2D eigenvalue weighted by Gasteiger charge is 2.26. The van der Waals surface area contributed by atoms with Crippen molar-refractivity contribution in [2.24, 2.45) is 0 Å². The van der Waals surface area contributed by atoms with Crippen LogP contribution in [0.15, 0.2) is 44.9 Å². The van der Waals surface area contributed by atoms with Crippen molar-refractivity contribution in [3.05, 3.63) is 62.7 Å². The van der Waals surface area contributed by atoms with Crippen LogP contribution in [0.5, 0.6) is 0 Å². The fraction of sp³-hybridized carbons (Fsp3) is 0.333. The van der Waals surface area contributed by atoms with Crippen molar-refractivity contribution < 1.29 is 31.9 Å². The van der Waals surface area contributed by atoms with Gasteiger partial charge in [0.2, 0.25) is 15.8 Å². The second-order valence-corrected chi connectivity index (χ2v) is 9.57. The lowest BCUT2D eigenvalue weighted by Crippen LogP contribution is -2.41. The maximum Gasteiger partial charge on any atom is 0.350 e. The van der Waals surface area contributed by atoms with Gasteiger partial charge in [0.25, 0.3) is 5.56 Å². The van der Waals surface area contributed by atoms with E-state index in [0.29, 0.717) is 10.8 Å². The number of aromatic amines is 1. The normalized spacial score (nSPS) is 12.4. The molecule has 1 heterocycles. The summed E-state index contributed by atoms with van der Waals surface area (Å²) in [6.07, 6.45) is -0.353. The minimum atomic E-state index is -4.45. The molecule has 29 heavy (non-hydrogen) atoms. The van der Waals surface area contributed by atoms with Gasteiger partial charge >= 0.3 is 13.3 Å². The van der Waals surface area contributed by atoms with Gasteiger partial charge in [0.15, 0.2) is 0 Å². The molecule has 0 fully saturated rings. The van der Waals surface area contributed by atoms with Crippen LogP contribution in [0, 0.1) is 12.7 Å². The molecule has 0 saturated heterocycles. The monoisotopic (exact) mass is 451 g/mol. The second kappa shape index (κ2) is 9.11. The lowest BCUT2D eigenvalue weighted by molar-refractivity contribution is 0.138. The Bertz CT molecular complexity index is 1120. The van der Waals surface area contributed by atoms with Crippen molar-refractivity contribution in [1.82, 2.24) is 13.9 Å². The third kappa shape index (κ3) is 6.42. The van der Waals surface area contributed by atoms with Crippen molar-refractivity contribution in [1.29, 1.82) is 0 Å². The van der Waals surface area contributed by atoms with Gasteiger partial charge in [0.1, 0.15) is 6.35 Å². The highest BCUT2D eigenvalue weighted by molar-refractivity contribution is 7.89. The van der Waals surface area contributed by atoms with Gasteiger partial charge in [-0.25, -0.2) is 13.2 Å². The van der Waals surface area contributed by atoms with Crippen LogP contribution in [0.4, 0.5) is 4.39 Å². The molecule has 1 aromatic heterocycles. The lowest BCUT2D eigenvalue weighted by atomic mass is 10.2. The molecule has 0 atom stereocenters. The summed E-state index contributed by atoms with van der Waals surface area (Å²) in [5.41, 5.74) is -1.47. The first kappa shape index (κ1) is 23.1. The van der Waals surface area contributed by atoms with Crippen molar-refractivity contribution in [3.63, 3.8) is 0 Å². The van der Waals surface area contributed by atoms with E-state index >= 15 is 0 Å². The zero-order chi connectivity index (χ0) is 21.8. The molecule has 2 aromatic rings. The highest BCUT2D eigenvalue weighted by Crippen LogP contribution is 2.33. The third-order valence-electron chi connectivity index (χ3n) is 3.68. The van der Waals surface area contributed by atoms with Gasteiger partial charge in [-0.1, -0.05) is 17.7 Å². The Morgan fingerprint density at radius 3 is 2.45 bits per heavy atom. The minimum absolute atomic E-state index is 0.115. The number of aromatic nitrogens is 2. The molecule has 0 bridgehead atoms. The quantitative estimate of drug-likeness (QED) is 0.349. The van der Waals surface area contributed by atoms with Gasteiger partial charge in [-0.2, -0.15) is 8.70 Å². The number of benzene rings is 1. The molecule has 1 aromatic carbocycles. The summed E-state index contributed by atoms with van der Waals surface area (Å²) in [6.45, 7) is 0.287. The smallest absolute Gasteiger partial charge is 0.350 e. The number of nitrogens with zero attached hydrogens (tertiary/aromatic N) is 2. The van der Waals surface area contributed by atoms with E-state index in [0.717, 1.165) is 9.87 Å². The van der Waals surface area contributed by atoms with Crippen LogP contribution in [-0.4, -0.2) is 51.6 Å². The predicted octanol–water partition coefficient (Wildman–Crippen LogP) is -0.216. The maximum atomic E-state index is 13.5. The predicted molar refractivity (Wildman–Crippen MR) is 99.2 cm³/mol. The van der Waals surface area contributed by atoms with Gasteiger partial charge in [-0.15, -0.1) is 0 Å². The molecule has 0 aliphatic carbocycles. The Morgan fingerprint density at radius 2 is 1.86 bits per heavy atom. The summed E-state index contributed by atoms with van der Waals surface area (Å²) in [7, 11) is -8.64. The molecule has 160 valence electrons. The fourth-order valence-electron chi connectivity index (χ4n) is 2.23. The summed E-state index contributed by atoms with van der Waals surface area (Å²) >= 11 is 0. The number of hydrogen-bond acceptors (Lipinski definition) is 6. The van der Waals surface area contributed by atoms with Crippen LogP contribution in [0.2, 0.25) is 0 Å². The molecule has 11 nitrogen and oxygen atoms in total. The molecule has 0 saturated carbocycles. The molecule has 0 amide bonds. The average Bonchev–Trinajstić information content (AvgIpc) is 2.61. The Balaban J connectivity index is 2.33. The number of nitrogens with one attached hydrogen (secondary N) is 1. The van der Waals surface area contributed by atoms with Crippen molar-refractivity contribution >= 4 is 17.6 Å². The van der Waals surface area contributed by atoms with Crippen LogP contribution < -0.4 is 11.2 Å². The van der Waals surface area contributed by atoms with Gasteiger partial charge in [-0.3, -0.25) is 18.9 Å². The zero-order valence-electron chi connectivity index (χ0n) is 15.2. The largest absolute Gasteiger partial charge is 0.367 e. The van der Waals surface area contributed by atoms with E-state index in [1.807, 2.05) is 0 Å². The zero-order valence-corrected chi connectivity index (χ0v) is 16.9. The van der Waals surface area contributed by atoms with E-state index < -0.39 is 60.9 Å². The lowest BCUT2D eigenvalue weighted by Gasteiger charge is -2.23. The van der Waals surface area contributed by atoms with E-state index in [1.165, 1.54) is 12.1 Å². The highest BCUT2D eigenvalue weighted by atomic mass is 32.2. The summed E-state index contributed by atoms with van der Waals surface area (Å²) in [5.74, 6) is -1.28. The third-order valence-corrected chi connectivity index (χ3v) is 6.05. The fourth-order valence-corrected chi connectivity index (χ4v) is 3.97. The number of hydrogen-bond donors (Lipinski definition) is 3. The van der Waals surface area contributed by atoms with Crippen LogP contribution in [0.3, 0.4) is 0 Å². The van der Waals surface area contributed by atoms with E-state index in [-0.39, 0.29) is 4.90 Å². The van der Waals surface area contributed by atoms with Crippen molar-refractivity contribution in [2.75, 3.05) is 19.5 Å². The van der Waals surface area contributed by atoms with Crippen LogP contribution in [-0.2, 0) is 26.0 Å². The number of halogens is 1. The first-order valence-corrected chi connectivity index (χ1v) is 11.3. The van der Waals surface area contributed by atoms with Gasteiger partial charge in [-0.05, 0) is 19.1 Å². The number of rotatable bonds is 9. The van der Waals surface area contributed by atoms with Crippen molar-refractivity contribution in [3.8, 4) is 0 Å². The molecule has 3 N–H and O–H groups in total. The van der Waals surface area contributed by atoms with Crippen LogP contribution >= 0.6 is 7.60 Å². The molecule has 0 aliphatic rings. The number of aryl methyl sites for hydroxylation is 1. The van der Waals surface area contributed by atoms with Crippen molar-refractivity contribution in [2.45, 2.75) is 18.5 Å². The van der Waals surface area contributed by atoms with Gasteiger partial charge in [0, 0.05) is 6.54 Å². The van der Waals surface area contributed by atoms with Crippen LogP contribution in [0.1, 0.15) is 5.56 Å². The standard InChI is InChI=1S/C15H19FN3O8PS/c1-11-2-4-12(5-3-11)29(25,26)19(6-7-27-10-28(22,23)24)9-18-8-13(16)14(20)17-15(18)21/h2-5,8H,6-7,9-10H2,1H3,(H,17,20,21)(H2,22,23,24). The molecule has 0 unspecified atom stereocenters. The molecule has 14 heteroatoms. The molecule has 0 spiro atoms. The molecular formula is C15H19FN3O8PS. The molecule has 2 rings (SSSR count). The van der Waals surface area contributed by atoms with E-state index in [9.17, 15) is 27.0 Å². The Hall–Kier alpha value is -2.15. The molecule has 0 radical (unpaired) electrons. The average molecular weight is 451 g/mol. The van der Waals surface area contributed by atoms with Crippen LogP contribution in [0.25, 0.3) is 0 Å². The summed E-state index contributed by atoms with van der Waals surface area (Å²) in [4.78, 5) is 42.3. The van der Waals surface area contributed by atoms with Gasteiger partial charge in [0.05, 0.1) is 24.4 Å². The van der Waals surface area contributed by atoms with E-state index in [2.05, 4.69) is 0 Å². The van der Waals surface area contributed by atoms with E-state index in [4.69, 9.17) is 14.5 Å². The maximum absolute atomic E-state index is 13.5. The topological polar surface area (TPSA) is 159 Å². The summed E-state index contributed by atoms with van der Waals surface area (Å²) < 4.78 is 56.5. The minimum Gasteiger partial charge on any atom is -0.367 e. The molecule has 0 aliphatic heterocycles. The molecular weight excluding hydrogens is 432 g/mol.